The molecule has 0 saturated carbocycles. The molecule has 3 aromatic heterocycles. The Balaban J connectivity index is 0.721. The fourth-order valence-corrected chi connectivity index (χ4v) is 9.03. The summed E-state index contributed by atoms with van der Waals surface area (Å²) in [6.07, 6.45) is 1.76. The number of rotatable bonds is 8. The normalized spacial score (nSPS) is 19.5. The first-order valence-electron chi connectivity index (χ1n) is 20.3. The molecule has 8 heterocycles. The summed E-state index contributed by atoms with van der Waals surface area (Å²) >= 11 is 0. The number of hydrogen-bond acceptors (Lipinski definition) is 13. The number of halogens is 1. The average molecular weight is 840 g/mol. The van der Waals surface area contributed by atoms with Crippen molar-refractivity contribution < 1.29 is 33.1 Å². The SMILES string of the molecule is O=C1CCC(N2C(=O)c3ccc(N4CC5(CN(C(=O)Nc6ccc7nc(CNc8nc(N9CCOCC9)nc9c8ncn9-c8cccc(F)c8)[nH]c7c6)C5)C4)cc3C2=O)C(=O)N1. The van der Waals surface area contributed by atoms with Gasteiger partial charge >= 0.3 is 6.03 Å². The van der Waals surface area contributed by atoms with Crippen molar-refractivity contribution in [2.75, 3.05) is 72.9 Å². The maximum atomic E-state index is 14.2. The lowest BCUT2D eigenvalue weighted by Gasteiger charge is -2.60. The molecule has 4 saturated heterocycles. The van der Waals surface area contributed by atoms with E-state index >= 15 is 0 Å². The highest BCUT2D eigenvalue weighted by molar-refractivity contribution is 6.23. The molecule has 314 valence electrons. The van der Waals surface area contributed by atoms with Crippen LogP contribution in [-0.4, -0.2) is 127 Å². The number of benzene rings is 3. The molecular formula is C42H38FN13O6. The lowest BCUT2D eigenvalue weighted by molar-refractivity contribution is -0.136. The van der Waals surface area contributed by atoms with Gasteiger partial charge in [0.2, 0.25) is 17.8 Å². The highest BCUT2D eigenvalue weighted by atomic mass is 19.1. The second kappa shape index (κ2) is 14.3. The van der Waals surface area contributed by atoms with Gasteiger partial charge in [0, 0.05) is 62.5 Å². The lowest BCUT2D eigenvalue weighted by Crippen LogP contribution is -2.73. The number of amides is 6. The smallest absolute Gasteiger partial charge is 0.321 e. The van der Waals surface area contributed by atoms with E-state index in [2.05, 4.69) is 30.8 Å². The summed E-state index contributed by atoms with van der Waals surface area (Å²) in [6, 6.07) is 15.6. The molecule has 1 spiro atoms. The van der Waals surface area contributed by atoms with Gasteiger partial charge in [-0.05, 0) is 61.0 Å². The van der Waals surface area contributed by atoms with Gasteiger partial charge in [-0.3, -0.25) is 34.0 Å². The van der Waals surface area contributed by atoms with Crippen LogP contribution in [0, 0.1) is 11.2 Å². The summed E-state index contributed by atoms with van der Waals surface area (Å²) in [4.78, 5) is 93.0. The van der Waals surface area contributed by atoms with Gasteiger partial charge in [-0.2, -0.15) is 9.97 Å². The standard InChI is InChI=1S/C42H38FN13O6/c43-23-2-1-3-26(14-23)55-22-45-34-35(50-40(51-36(34)55)52-10-12-62-13-11-52)44-17-32-47-29-7-4-24(15-30(29)48-32)46-41(61)54-20-42(21-54)18-53(19-42)25-5-6-27-28(16-25)39(60)56(38(27)59)31-8-9-33(57)49-37(31)58/h1-7,14-16,22,31H,8-13,17-21H2,(H,46,61)(H,47,48)(H,44,50,51)(H,49,57,58). The number of ether oxygens (including phenoxy) is 1. The number of nitrogens with one attached hydrogen (secondary N) is 4. The fraction of sp³-hybridized carbons (Fsp3) is 0.310. The maximum absolute atomic E-state index is 14.2. The van der Waals surface area contributed by atoms with Crippen molar-refractivity contribution in [3.8, 4) is 5.69 Å². The fourth-order valence-electron chi connectivity index (χ4n) is 9.03. The molecule has 6 aromatic rings. The highest BCUT2D eigenvalue weighted by Crippen LogP contribution is 2.43. The van der Waals surface area contributed by atoms with Gasteiger partial charge in [0.05, 0.1) is 47.6 Å². The van der Waals surface area contributed by atoms with Crippen LogP contribution in [0.5, 0.6) is 0 Å². The van der Waals surface area contributed by atoms with Crippen LogP contribution in [-0.2, 0) is 20.9 Å². The van der Waals surface area contributed by atoms with Gasteiger partial charge in [-0.1, -0.05) is 6.07 Å². The van der Waals surface area contributed by atoms with Crippen molar-refractivity contribution >= 4 is 75.0 Å². The third-order valence-corrected chi connectivity index (χ3v) is 12.2. The third kappa shape index (κ3) is 6.41. The van der Waals surface area contributed by atoms with E-state index in [9.17, 15) is 28.4 Å². The Hall–Kier alpha value is -7.48. The van der Waals surface area contributed by atoms with Crippen LogP contribution in [0.25, 0.3) is 27.9 Å². The van der Waals surface area contributed by atoms with Crippen molar-refractivity contribution in [2.24, 2.45) is 5.41 Å². The number of anilines is 4. The van der Waals surface area contributed by atoms with Crippen molar-refractivity contribution in [1.29, 1.82) is 0 Å². The van der Waals surface area contributed by atoms with Crippen LogP contribution < -0.4 is 25.8 Å². The third-order valence-electron chi connectivity index (χ3n) is 12.2. The van der Waals surface area contributed by atoms with Gasteiger partial charge in [0.25, 0.3) is 11.8 Å². The van der Waals surface area contributed by atoms with E-state index in [4.69, 9.17) is 19.7 Å². The van der Waals surface area contributed by atoms with E-state index in [1.54, 1.807) is 46.1 Å². The van der Waals surface area contributed by atoms with Crippen molar-refractivity contribution in [3.05, 3.63) is 89.8 Å². The van der Waals surface area contributed by atoms with Crippen LogP contribution in [0.15, 0.2) is 67.0 Å². The van der Waals surface area contributed by atoms with E-state index < -0.39 is 29.7 Å². The van der Waals surface area contributed by atoms with E-state index in [-0.39, 0.29) is 47.8 Å². The minimum Gasteiger partial charge on any atom is -0.378 e. The van der Waals surface area contributed by atoms with Gasteiger partial charge in [-0.25, -0.2) is 19.2 Å². The molecule has 1 unspecified atom stereocenters. The molecule has 62 heavy (non-hydrogen) atoms. The number of aromatic nitrogens is 6. The zero-order valence-corrected chi connectivity index (χ0v) is 33.1. The predicted molar refractivity (Wildman–Crippen MR) is 221 cm³/mol. The molecule has 11 rings (SSSR count). The van der Waals surface area contributed by atoms with Gasteiger partial charge in [-0.15, -0.1) is 0 Å². The number of fused-ring (bicyclic) bond motifs is 3. The second-order valence-corrected chi connectivity index (χ2v) is 16.3. The number of piperidine rings is 1. The number of urea groups is 1. The molecule has 0 bridgehead atoms. The molecule has 0 radical (unpaired) electrons. The average Bonchev–Trinajstić information content (AvgIpc) is 3.93. The summed E-state index contributed by atoms with van der Waals surface area (Å²) in [5.41, 5.74) is 4.88. The number of carbonyl (C=O) groups is 5. The summed E-state index contributed by atoms with van der Waals surface area (Å²) in [5, 5.41) is 8.60. The van der Waals surface area contributed by atoms with E-state index in [1.807, 2.05) is 23.1 Å². The van der Waals surface area contributed by atoms with Gasteiger partial charge in [0.1, 0.15) is 24.0 Å². The molecular weight excluding hydrogens is 802 g/mol. The first-order chi connectivity index (χ1) is 30.1. The quantitative estimate of drug-likeness (QED) is 0.163. The van der Waals surface area contributed by atoms with Crippen molar-refractivity contribution in [3.63, 3.8) is 0 Å². The van der Waals surface area contributed by atoms with E-state index in [0.717, 1.165) is 21.6 Å². The number of likely N-dealkylation sites (tertiary alicyclic amines) is 1. The van der Waals surface area contributed by atoms with Gasteiger partial charge < -0.3 is 35.1 Å². The largest absolute Gasteiger partial charge is 0.378 e. The molecule has 3 aromatic carbocycles. The Morgan fingerprint density at radius 1 is 0.887 bits per heavy atom. The number of carbonyl (C=O) groups excluding carboxylic acids is 5. The maximum Gasteiger partial charge on any atom is 0.321 e. The zero-order chi connectivity index (χ0) is 42.3. The summed E-state index contributed by atoms with van der Waals surface area (Å²) in [5.74, 6) is -0.871. The Labute approximate surface area is 351 Å². The number of H-pyrrole nitrogens is 1. The second-order valence-electron chi connectivity index (χ2n) is 16.3. The van der Waals surface area contributed by atoms with Crippen LogP contribution in [0.1, 0.15) is 39.4 Å². The molecule has 4 fully saturated rings. The summed E-state index contributed by atoms with van der Waals surface area (Å²) in [6.45, 7) is 5.12. The van der Waals surface area contributed by atoms with Crippen LogP contribution in [0.3, 0.4) is 0 Å². The topological polar surface area (TPSA) is 216 Å². The Kier molecular flexibility index (Phi) is 8.67. The summed E-state index contributed by atoms with van der Waals surface area (Å²) < 4.78 is 21.5. The van der Waals surface area contributed by atoms with Crippen LogP contribution in [0.4, 0.5) is 32.3 Å². The molecule has 5 aliphatic rings. The van der Waals surface area contributed by atoms with Gasteiger partial charge in [0.15, 0.2) is 17.0 Å². The minimum absolute atomic E-state index is 0.0585. The molecule has 19 nitrogen and oxygen atoms in total. The predicted octanol–water partition coefficient (Wildman–Crippen LogP) is 3.03. The molecule has 20 heteroatoms. The number of hydrogen-bond donors (Lipinski definition) is 4. The van der Waals surface area contributed by atoms with E-state index in [0.29, 0.717) is 92.6 Å². The van der Waals surface area contributed by atoms with E-state index in [1.165, 1.54) is 12.1 Å². The molecule has 5 aliphatic heterocycles. The molecule has 4 N–H and O–H groups in total. The van der Waals surface area contributed by atoms with Crippen LogP contribution >= 0.6 is 0 Å². The summed E-state index contributed by atoms with van der Waals surface area (Å²) in [7, 11) is 0. The molecule has 0 aliphatic carbocycles. The first kappa shape index (κ1) is 37.5. The highest BCUT2D eigenvalue weighted by Gasteiger charge is 2.54. The molecule has 1 atom stereocenters. The zero-order valence-electron chi connectivity index (χ0n) is 33.1. The minimum atomic E-state index is -1.02. The lowest BCUT2D eigenvalue weighted by atomic mass is 9.72. The number of morpholine rings is 1. The number of aromatic amines is 1. The molecule has 6 amide bonds. The Bertz CT molecular complexity index is 2880. The van der Waals surface area contributed by atoms with Crippen molar-refractivity contribution in [1.82, 2.24) is 44.6 Å². The van der Waals surface area contributed by atoms with Crippen LogP contribution in [0.2, 0.25) is 0 Å². The Morgan fingerprint density at radius 3 is 2.52 bits per heavy atom. The Morgan fingerprint density at radius 2 is 1.71 bits per heavy atom. The monoisotopic (exact) mass is 839 g/mol. The number of imide groups is 2. The first-order valence-corrected chi connectivity index (χ1v) is 20.3. The number of nitrogens with zero attached hydrogens (tertiary/aromatic N) is 9. The number of imidazole rings is 2. The van der Waals surface area contributed by atoms with Crippen molar-refractivity contribution in [2.45, 2.75) is 25.4 Å².